The summed E-state index contributed by atoms with van der Waals surface area (Å²) in [5.41, 5.74) is 11.0. The molecule has 3 saturated heterocycles. The molecule has 0 aromatic carbocycles. The Morgan fingerprint density at radius 2 is 1.38 bits per heavy atom. The quantitative estimate of drug-likeness (QED) is 0.0137. The molecule has 7 unspecified atom stereocenters. The minimum absolute atomic E-state index is 0.0292. The van der Waals surface area contributed by atoms with E-state index in [1.807, 2.05) is 0 Å². The molecule has 1 saturated carbocycles. The van der Waals surface area contributed by atoms with E-state index in [1.54, 1.807) is 0 Å². The highest BCUT2D eigenvalue weighted by Gasteiger charge is 2.56. The summed E-state index contributed by atoms with van der Waals surface area (Å²) in [5.74, 6) is -8.32. The summed E-state index contributed by atoms with van der Waals surface area (Å²) < 4.78 is 0. The molecule has 0 bridgehead atoms. The van der Waals surface area contributed by atoms with Gasteiger partial charge in [-0.25, -0.2) is 10.1 Å². The van der Waals surface area contributed by atoms with E-state index in [1.165, 1.54) is 0 Å². The third-order valence-corrected chi connectivity index (χ3v) is 15.0. The van der Waals surface area contributed by atoms with Crippen molar-refractivity contribution in [3.05, 3.63) is 0 Å². The van der Waals surface area contributed by atoms with Crippen molar-refractivity contribution in [1.82, 2.24) is 63.3 Å². The summed E-state index contributed by atoms with van der Waals surface area (Å²) in [5, 5.41) is 87.9. The number of aliphatic hydroxyl groups is 4. The van der Waals surface area contributed by atoms with E-state index in [0.29, 0.717) is 34.3 Å². The lowest BCUT2D eigenvalue weighted by molar-refractivity contribution is -0.983. The number of nitrogens with one attached hydrogen (secondary N) is 11. The van der Waals surface area contributed by atoms with Gasteiger partial charge in [0.2, 0.25) is 66.0 Å². The van der Waals surface area contributed by atoms with Gasteiger partial charge in [-0.1, -0.05) is 0 Å². The first kappa shape index (κ1) is 67.8. The van der Waals surface area contributed by atoms with E-state index < -0.39 is 146 Å². The Balaban J connectivity index is 1.47. The zero-order valence-electron chi connectivity index (χ0n) is 45.8. The van der Waals surface area contributed by atoms with Crippen molar-refractivity contribution in [2.24, 2.45) is 17.4 Å². The van der Waals surface area contributed by atoms with Crippen LogP contribution in [0.5, 0.6) is 0 Å². The first-order chi connectivity index (χ1) is 39.1. The van der Waals surface area contributed by atoms with E-state index in [4.69, 9.17) is 11.5 Å². The van der Waals surface area contributed by atoms with Gasteiger partial charge in [0.05, 0.1) is 44.1 Å². The fourth-order valence-electron chi connectivity index (χ4n) is 10.7. The van der Waals surface area contributed by atoms with E-state index in [9.17, 15) is 88.4 Å². The maximum atomic E-state index is 14.3. The Bertz CT molecular complexity index is 2200. The van der Waals surface area contributed by atoms with Crippen LogP contribution in [0.2, 0.25) is 0 Å². The number of amides is 12. The summed E-state index contributed by atoms with van der Waals surface area (Å²) in [6.45, 7) is -2.50. The van der Waals surface area contributed by atoms with Crippen molar-refractivity contribution >= 4 is 71.9 Å². The van der Waals surface area contributed by atoms with Crippen molar-refractivity contribution in [2.75, 3.05) is 52.5 Å². The molecule has 21 N–H and O–H groups in total. The maximum absolute atomic E-state index is 14.3. The highest BCUT2D eigenvalue weighted by atomic mass is 16.5. The molecule has 3 heterocycles. The van der Waals surface area contributed by atoms with Gasteiger partial charge in [-0.05, 0) is 83.6 Å². The Morgan fingerprint density at radius 1 is 0.707 bits per heavy atom. The predicted octanol–water partition coefficient (Wildman–Crippen LogP) is -10.1. The molecule has 14 atom stereocenters. The van der Waals surface area contributed by atoms with Crippen LogP contribution in [0.3, 0.4) is 0 Å². The first-order valence-electron chi connectivity index (χ1n) is 27.8. The van der Waals surface area contributed by atoms with E-state index in [0.717, 1.165) is 0 Å². The van der Waals surface area contributed by atoms with Crippen LogP contribution in [0.25, 0.3) is 0 Å². The van der Waals surface area contributed by atoms with Crippen molar-refractivity contribution in [1.29, 1.82) is 0 Å². The predicted molar refractivity (Wildman–Crippen MR) is 281 cm³/mol. The normalized spacial score (nSPS) is 26.8. The average molecular weight is 1170 g/mol. The highest BCUT2D eigenvalue weighted by molar-refractivity contribution is 5.97. The molecule has 4 rings (SSSR count). The van der Waals surface area contributed by atoms with Crippen molar-refractivity contribution < 1.29 is 93.3 Å². The number of unbranched alkanes of at least 4 members (excludes halogenated alkanes) is 1. The van der Waals surface area contributed by atoms with Crippen LogP contribution in [0.4, 0.5) is 0 Å². The molecule has 82 heavy (non-hydrogen) atoms. The molecule has 33 nitrogen and oxygen atoms in total. The van der Waals surface area contributed by atoms with Gasteiger partial charge >= 0.3 is 0 Å². The van der Waals surface area contributed by atoms with Gasteiger partial charge in [-0.3, -0.25) is 73.3 Å². The van der Waals surface area contributed by atoms with Gasteiger partial charge in [0.15, 0.2) is 12.2 Å². The molecule has 0 spiro atoms. The second kappa shape index (κ2) is 34.7. The van der Waals surface area contributed by atoms with Gasteiger partial charge in [-0.15, -0.1) is 0 Å². The van der Waals surface area contributed by atoms with Crippen LogP contribution in [0, 0.1) is 5.92 Å². The van der Waals surface area contributed by atoms with E-state index in [2.05, 4.69) is 53.2 Å². The van der Waals surface area contributed by atoms with Gasteiger partial charge < -0.3 is 84.6 Å². The van der Waals surface area contributed by atoms with Crippen molar-refractivity contribution in [3.8, 4) is 0 Å². The van der Waals surface area contributed by atoms with Crippen molar-refractivity contribution in [2.45, 2.75) is 175 Å². The summed E-state index contributed by atoms with van der Waals surface area (Å²) in [6.07, 6.45) is -1.46. The number of carbonyl (C=O) groups excluding carboxylic acids is 12. The number of hydrogen-bond donors (Lipinski definition) is 19. The second-order valence-corrected chi connectivity index (χ2v) is 21.0. The standard InChI is InChI=1S/C49H83N15O18/c50-14-3-1-7-28(57-48(79)34(24-66)61-49(80)35-13-16-52-42-32(56-40(72)12-11-39(51)71)19-27-20-37(69)38(70)21-36(27)64(35)42)43(74)54-22-41(73)55-29(9-5-17-62(81)25-67)45(76)58-30-8-2-4-15-53-44(75)33(23-65)60-47(78)31(59-46(30)77)10-6-18-63(82)26-68/h25-38,42,52,65-66,69-70,81-82H,1-24,50H2,(H2,51,71)(H,53,75)(H,54,74)(H,55,73)(H,56,72)(H,57,79)(H,58,76)(H,59,77)(H,60,78)(H,61,80)/p+1/t27?,28-,29-,30-,31+,32?,33-,34+,35+,36?,37?,38?,42?/m0/s1. The van der Waals surface area contributed by atoms with Crippen LogP contribution in [-0.2, 0) is 57.5 Å². The second-order valence-electron chi connectivity index (χ2n) is 21.0. The zero-order chi connectivity index (χ0) is 60.5. The number of nitrogens with zero attached hydrogens (tertiary/aromatic N) is 2. The smallest absolute Gasteiger partial charge is 0.279 e. The Kier molecular flexibility index (Phi) is 28.6. The Morgan fingerprint density at radius 3 is 2.05 bits per heavy atom. The van der Waals surface area contributed by atoms with Gasteiger partial charge in [0.1, 0.15) is 36.3 Å². The molecular formula is C49H84N15O18+. The molecule has 462 valence electrons. The number of nitrogens with two attached hydrogens (primary N) is 2. The number of hydrogen-bond acceptors (Lipinski definition) is 20. The molecule has 0 aromatic rings. The number of rotatable bonds is 30. The van der Waals surface area contributed by atoms with Gasteiger partial charge in [0.25, 0.3) is 5.91 Å². The van der Waals surface area contributed by atoms with Crippen LogP contribution in [0.1, 0.15) is 103 Å². The third kappa shape index (κ3) is 21.2. The summed E-state index contributed by atoms with van der Waals surface area (Å²) in [6, 6.07) is -10.5. The molecule has 1 aliphatic carbocycles. The lowest BCUT2D eigenvalue weighted by Crippen LogP contribution is -3.29. The highest BCUT2D eigenvalue weighted by Crippen LogP contribution is 2.32. The minimum atomic E-state index is -1.61. The molecule has 12 amide bonds. The monoisotopic (exact) mass is 1170 g/mol. The number of fused-ring (bicyclic) bond motifs is 3. The molecular weight excluding hydrogens is 1090 g/mol. The SMILES string of the molecule is NCCCC[C@H](NC(=O)[C@@H](CO)NC(=O)[C@H]1CCNC2C(NC(=O)CCC(N)=O)CC3CC(O)C(O)CC3[NH+]21)C(=O)NCC(=O)N[C@@H](CCCN(O)C=O)C(=O)N[C@H]1CCCCNC(=O)[C@H](CO)NC(=O)[C@@H](CCCN(O)C=O)NC1=O. The molecule has 4 aliphatic rings. The summed E-state index contributed by atoms with van der Waals surface area (Å²) in [7, 11) is 0. The van der Waals surface area contributed by atoms with Crippen molar-refractivity contribution in [3.63, 3.8) is 0 Å². The fraction of sp³-hybridized carbons (Fsp3) is 0.755. The first-order valence-corrected chi connectivity index (χ1v) is 27.8. The maximum Gasteiger partial charge on any atom is 0.279 e. The molecule has 33 heteroatoms. The average Bonchev–Trinajstić information content (AvgIpc) is 1.58. The van der Waals surface area contributed by atoms with E-state index >= 15 is 0 Å². The summed E-state index contributed by atoms with van der Waals surface area (Å²) >= 11 is 0. The minimum Gasteiger partial charge on any atom is -0.394 e. The number of aliphatic hydroxyl groups excluding tert-OH is 4. The third-order valence-electron chi connectivity index (χ3n) is 15.0. The van der Waals surface area contributed by atoms with Crippen LogP contribution in [-0.4, -0.2) is 238 Å². The summed E-state index contributed by atoms with van der Waals surface area (Å²) in [4.78, 5) is 157. The topological polar surface area (TPSA) is 509 Å². The van der Waals surface area contributed by atoms with Crippen LogP contribution < -0.4 is 69.5 Å². The number of primary amides is 1. The van der Waals surface area contributed by atoms with E-state index in [-0.39, 0.29) is 141 Å². The fourth-order valence-corrected chi connectivity index (χ4v) is 10.7. The molecule has 3 aliphatic heterocycles. The number of quaternary nitrogens is 1. The number of hydroxylamine groups is 4. The Hall–Kier alpha value is -6.72. The van der Waals surface area contributed by atoms with Crippen LogP contribution in [0.15, 0.2) is 0 Å². The number of carbonyl (C=O) groups is 12. The largest absolute Gasteiger partial charge is 0.394 e. The lowest BCUT2D eigenvalue weighted by atomic mass is 9.72. The lowest BCUT2D eigenvalue weighted by Gasteiger charge is -2.54. The van der Waals surface area contributed by atoms with Crippen LogP contribution >= 0.6 is 0 Å². The van der Waals surface area contributed by atoms with Gasteiger partial charge in [-0.2, -0.15) is 0 Å². The Labute approximate surface area is 472 Å². The number of piperidine rings is 1. The zero-order valence-corrected chi connectivity index (χ0v) is 45.8. The molecule has 0 radical (unpaired) electrons. The molecule has 0 aromatic heterocycles. The van der Waals surface area contributed by atoms with Gasteiger partial charge in [0, 0.05) is 57.8 Å². The molecule has 4 fully saturated rings.